The Morgan fingerprint density at radius 1 is 1.12 bits per heavy atom. The van der Waals surface area contributed by atoms with Crippen molar-refractivity contribution in [3.05, 3.63) is 72.3 Å². The second kappa shape index (κ2) is 7.72. The standard InChI is InChI=1S/C19H19FN4O/c20-17-4-1-14(2-5-17)13-24(10-8-21)19(25)23-18-6-3-16-12-22-9-7-15(16)11-18/h1-7,9,11-12H,8,10,13,21H2,(H,23,25). The van der Waals surface area contributed by atoms with Gasteiger partial charge in [-0.3, -0.25) is 4.98 Å². The molecule has 6 heteroatoms. The van der Waals surface area contributed by atoms with E-state index in [1.165, 1.54) is 12.1 Å². The molecule has 0 radical (unpaired) electrons. The number of nitrogens with zero attached hydrogens (tertiary/aromatic N) is 2. The molecule has 3 rings (SSSR count). The van der Waals surface area contributed by atoms with Crippen LogP contribution in [-0.2, 0) is 6.54 Å². The summed E-state index contributed by atoms with van der Waals surface area (Å²) in [5.74, 6) is -0.302. The largest absolute Gasteiger partial charge is 0.329 e. The Balaban J connectivity index is 1.73. The van der Waals surface area contributed by atoms with Gasteiger partial charge in [0.2, 0.25) is 0 Å². The number of aromatic nitrogens is 1. The van der Waals surface area contributed by atoms with Gasteiger partial charge in [0, 0.05) is 43.1 Å². The van der Waals surface area contributed by atoms with Crippen molar-refractivity contribution in [3.63, 3.8) is 0 Å². The molecule has 25 heavy (non-hydrogen) atoms. The summed E-state index contributed by atoms with van der Waals surface area (Å²) in [6.07, 6.45) is 3.49. The SMILES string of the molecule is NCCN(Cc1ccc(F)cc1)C(=O)Nc1ccc2cnccc2c1. The number of nitrogens with one attached hydrogen (secondary N) is 1. The molecule has 0 fully saturated rings. The van der Waals surface area contributed by atoms with Crippen molar-refractivity contribution in [2.75, 3.05) is 18.4 Å². The van der Waals surface area contributed by atoms with Crippen molar-refractivity contribution in [2.24, 2.45) is 5.73 Å². The predicted molar refractivity (Wildman–Crippen MR) is 96.6 cm³/mol. The maximum atomic E-state index is 13.0. The fourth-order valence-corrected chi connectivity index (χ4v) is 2.58. The molecular weight excluding hydrogens is 319 g/mol. The fourth-order valence-electron chi connectivity index (χ4n) is 2.58. The Bertz CT molecular complexity index is 867. The van der Waals surface area contributed by atoms with Gasteiger partial charge in [0.15, 0.2) is 0 Å². The van der Waals surface area contributed by atoms with E-state index in [-0.39, 0.29) is 11.8 Å². The number of urea groups is 1. The summed E-state index contributed by atoms with van der Waals surface area (Å²) in [4.78, 5) is 18.3. The van der Waals surface area contributed by atoms with Gasteiger partial charge in [-0.15, -0.1) is 0 Å². The first kappa shape index (κ1) is 16.9. The van der Waals surface area contributed by atoms with E-state index >= 15 is 0 Å². The number of anilines is 1. The summed E-state index contributed by atoms with van der Waals surface area (Å²) in [7, 11) is 0. The zero-order valence-electron chi connectivity index (χ0n) is 13.7. The Kier molecular flexibility index (Phi) is 5.20. The molecule has 1 aromatic heterocycles. The van der Waals surface area contributed by atoms with Gasteiger partial charge in [-0.05, 0) is 41.3 Å². The lowest BCUT2D eigenvalue weighted by Crippen LogP contribution is -2.38. The van der Waals surface area contributed by atoms with Crippen LogP contribution >= 0.6 is 0 Å². The molecule has 1 heterocycles. The Hall–Kier alpha value is -2.99. The van der Waals surface area contributed by atoms with E-state index in [0.29, 0.717) is 25.3 Å². The second-order valence-electron chi connectivity index (χ2n) is 5.70. The van der Waals surface area contributed by atoms with Crippen LogP contribution < -0.4 is 11.1 Å². The number of rotatable bonds is 5. The van der Waals surface area contributed by atoms with Crippen molar-refractivity contribution in [3.8, 4) is 0 Å². The van der Waals surface area contributed by atoms with E-state index in [9.17, 15) is 9.18 Å². The van der Waals surface area contributed by atoms with Gasteiger partial charge in [-0.2, -0.15) is 0 Å². The highest BCUT2D eigenvalue weighted by molar-refractivity contribution is 5.93. The lowest BCUT2D eigenvalue weighted by atomic mass is 10.1. The van der Waals surface area contributed by atoms with Gasteiger partial charge in [0.25, 0.3) is 0 Å². The predicted octanol–water partition coefficient (Wildman–Crippen LogP) is 3.37. The van der Waals surface area contributed by atoms with Crippen molar-refractivity contribution in [2.45, 2.75) is 6.54 Å². The Morgan fingerprint density at radius 2 is 1.92 bits per heavy atom. The van der Waals surface area contributed by atoms with Crippen LogP contribution in [0.5, 0.6) is 0 Å². The fraction of sp³-hybridized carbons (Fsp3) is 0.158. The molecule has 0 atom stereocenters. The van der Waals surface area contributed by atoms with Gasteiger partial charge >= 0.3 is 6.03 Å². The maximum Gasteiger partial charge on any atom is 0.322 e. The third kappa shape index (κ3) is 4.30. The monoisotopic (exact) mass is 338 g/mol. The molecule has 3 aromatic rings. The van der Waals surface area contributed by atoms with E-state index in [2.05, 4.69) is 10.3 Å². The molecule has 0 saturated carbocycles. The van der Waals surface area contributed by atoms with Gasteiger partial charge in [0.05, 0.1) is 0 Å². The maximum absolute atomic E-state index is 13.0. The molecule has 3 N–H and O–H groups in total. The highest BCUT2D eigenvalue weighted by atomic mass is 19.1. The molecule has 0 saturated heterocycles. The first-order chi connectivity index (χ1) is 12.2. The average Bonchev–Trinajstić information content (AvgIpc) is 2.63. The summed E-state index contributed by atoms with van der Waals surface area (Å²) in [6, 6.07) is 13.4. The first-order valence-corrected chi connectivity index (χ1v) is 8.00. The number of hydrogen-bond acceptors (Lipinski definition) is 3. The lowest BCUT2D eigenvalue weighted by Gasteiger charge is -2.22. The van der Waals surface area contributed by atoms with Crippen molar-refractivity contribution in [1.29, 1.82) is 0 Å². The van der Waals surface area contributed by atoms with Crippen LogP contribution in [0.1, 0.15) is 5.56 Å². The Morgan fingerprint density at radius 3 is 2.68 bits per heavy atom. The van der Waals surface area contributed by atoms with Gasteiger partial charge in [0.1, 0.15) is 5.82 Å². The third-order valence-electron chi connectivity index (χ3n) is 3.86. The lowest BCUT2D eigenvalue weighted by molar-refractivity contribution is 0.210. The molecule has 128 valence electrons. The number of pyridine rings is 1. The van der Waals surface area contributed by atoms with E-state index in [0.717, 1.165) is 16.3 Å². The molecule has 0 bridgehead atoms. The van der Waals surface area contributed by atoms with Gasteiger partial charge in [-0.1, -0.05) is 18.2 Å². The first-order valence-electron chi connectivity index (χ1n) is 8.00. The number of carbonyl (C=O) groups is 1. The highest BCUT2D eigenvalue weighted by Crippen LogP contribution is 2.18. The molecule has 0 spiro atoms. The number of nitrogens with two attached hydrogens (primary N) is 1. The van der Waals surface area contributed by atoms with Crippen LogP contribution in [0.2, 0.25) is 0 Å². The number of hydrogen-bond donors (Lipinski definition) is 2. The topological polar surface area (TPSA) is 71.2 Å². The molecular formula is C19H19FN4O. The van der Waals surface area contributed by atoms with Crippen LogP contribution in [0.3, 0.4) is 0 Å². The van der Waals surface area contributed by atoms with E-state index < -0.39 is 0 Å². The number of halogens is 1. The molecule has 5 nitrogen and oxygen atoms in total. The Labute approximate surface area is 145 Å². The normalized spacial score (nSPS) is 10.6. The molecule has 2 amide bonds. The summed E-state index contributed by atoms with van der Waals surface area (Å²) < 4.78 is 13.0. The van der Waals surface area contributed by atoms with Crippen LogP contribution in [0.4, 0.5) is 14.9 Å². The third-order valence-corrected chi connectivity index (χ3v) is 3.86. The quantitative estimate of drug-likeness (QED) is 0.749. The molecule has 0 aliphatic heterocycles. The summed E-state index contributed by atoms with van der Waals surface area (Å²) in [6.45, 7) is 1.11. The van der Waals surface area contributed by atoms with Crippen molar-refractivity contribution < 1.29 is 9.18 Å². The minimum Gasteiger partial charge on any atom is -0.329 e. The van der Waals surface area contributed by atoms with Crippen molar-refractivity contribution in [1.82, 2.24) is 9.88 Å². The number of benzene rings is 2. The van der Waals surface area contributed by atoms with Crippen molar-refractivity contribution >= 4 is 22.5 Å². The van der Waals surface area contributed by atoms with Crippen LogP contribution in [-0.4, -0.2) is 29.0 Å². The summed E-state index contributed by atoms with van der Waals surface area (Å²) in [5.41, 5.74) is 7.17. The molecule has 0 aliphatic carbocycles. The van der Waals surface area contributed by atoms with Crippen LogP contribution in [0, 0.1) is 5.82 Å². The van der Waals surface area contributed by atoms with E-state index in [4.69, 9.17) is 5.73 Å². The minimum absolute atomic E-state index is 0.247. The van der Waals surface area contributed by atoms with Crippen LogP contribution in [0.15, 0.2) is 60.9 Å². The highest BCUT2D eigenvalue weighted by Gasteiger charge is 2.14. The average molecular weight is 338 g/mol. The zero-order valence-corrected chi connectivity index (χ0v) is 13.7. The van der Waals surface area contributed by atoms with E-state index in [1.807, 2.05) is 24.3 Å². The number of fused-ring (bicyclic) bond motifs is 1. The van der Waals surface area contributed by atoms with E-state index in [1.54, 1.807) is 29.4 Å². The molecule has 2 aromatic carbocycles. The zero-order chi connectivity index (χ0) is 17.6. The number of amides is 2. The van der Waals surface area contributed by atoms with Gasteiger partial charge in [-0.25, -0.2) is 9.18 Å². The van der Waals surface area contributed by atoms with Gasteiger partial charge < -0.3 is 16.0 Å². The smallest absolute Gasteiger partial charge is 0.322 e. The molecule has 0 aliphatic rings. The minimum atomic E-state index is -0.302. The summed E-state index contributed by atoms with van der Waals surface area (Å²) in [5, 5.41) is 4.89. The molecule has 0 unspecified atom stereocenters. The van der Waals surface area contributed by atoms with Crippen LogP contribution in [0.25, 0.3) is 10.8 Å². The number of carbonyl (C=O) groups excluding carboxylic acids is 1. The second-order valence-corrected chi connectivity index (χ2v) is 5.70. The summed E-state index contributed by atoms with van der Waals surface area (Å²) >= 11 is 0.